The normalized spacial score (nSPS) is 13.0. The number of benzene rings is 1. The van der Waals surface area contributed by atoms with Crippen LogP contribution >= 0.6 is 0 Å². The van der Waals surface area contributed by atoms with Gasteiger partial charge in [-0.15, -0.1) is 0 Å². The summed E-state index contributed by atoms with van der Waals surface area (Å²) in [7, 11) is 0. The lowest BCUT2D eigenvalue weighted by Crippen LogP contribution is -2.21. The molecule has 0 saturated heterocycles. The van der Waals surface area contributed by atoms with Gasteiger partial charge in [-0.05, 0) is 49.3 Å². The molecular formula is C18H31NO2. The second kappa shape index (κ2) is 8.28. The SMILES string of the molecule is CCOc1cc(CC(N)CC)ccc1OCCC(C)(C)C. The van der Waals surface area contributed by atoms with Crippen molar-refractivity contribution in [1.82, 2.24) is 0 Å². The van der Waals surface area contributed by atoms with E-state index in [0.717, 1.165) is 30.8 Å². The molecule has 120 valence electrons. The summed E-state index contributed by atoms with van der Waals surface area (Å²) in [6.07, 6.45) is 2.87. The second-order valence-electron chi connectivity index (χ2n) is 6.75. The Morgan fingerprint density at radius 3 is 2.38 bits per heavy atom. The molecule has 21 heavy (non-hydrogen) atoms. The average molecular weight is 293 g/mol. The van der Waals surface area contributed by atoms with Gasteiger partial charge in [-0.2, -0.15) is 0 Å². The molecule has 0 bridgehead atoms. The van der Waals surface area contributed by atoms with Gasteiger partial charge in [0.25, 0.3) is 0 Å². The number of nitrogens with two attached hydrogens (primary N) is 1. The Balaban J connectivity index is 2.74. The van der Waals surface area contributed by atoms with Crippen molar-refractivity contribution in [2.24, 2.45) is 11.1 Å². The maximum Gasteiger partial charge on any atom is 0.161 e. The number of hydrogen-bond acceptors (Lipinski definition) is 3. The molecule has 0 aliphatic carbocycles. The van der Waals surface area contributed by atoms with Crippen LogP contribution in [-0.4, -0.2) is 19.3 Å². The zero-order valence-electron chi connectivity index (χ0n) is 14.2. The van der Waals surface area contributed by atoms with Crippen molar-refractivity contribution in [3.63, 3.8) is 0 Å². The molecule has 0 amide bonds. The molecule has 3 nitrogen and oxygen atoms in total. The third kappa shape index (κ3) is 6.85. The van der Waals surface area contributed by atoms with Crippen molar-refractivity contribution in [2.75, 3.05) is 13.2 Å². The van der Waals surface area contributed by atoms with Crippen molar-refractivity contribution < 1.29 is 9.47 Å². The van der Waals surface area contributed by atoms with Crippen molar-refractivity contribution in [1.29, 1.82) is 0 Å². The minimum absolute atomic E-state index is 0.201. The molecule has 0 spiro atoms. The highest BCUT2D eigenvalue weighted by Gasteiger charge is 2.12. The topological polar surface area (TPSA) is 44.5 Å². The van der Waals surface area contributed by atoms with E-state index in [0.29, 0.717) is 13.2 Å². The maximum atomic E-state index is 6.02. The van der Waals surface area contributed by atoms with E-state index < -0.39 is 0 Å². The molecule has 0 saturated carbocycles. The minimum Gasteiger partial charge on any atom is -0.490 e. The van der Waals surface area contributed by atoms with Crippen LogP contribution in [0.25, 0.3) is 0 Å². The van der Waals surface area contributed by atoms with Crippen LogP contribution in [0.3, 0.4) is 0 Å². The summed E-state index contributed by atoms with van der Waals surface area (Å²) >= 11 is 0. The van der Waals surface area contributed by atoms with Crippen LogP contribution in [0, 0.1) is 5.41 Å². The minimum atomic E-state index is 0.201. The number of hydrogen-bond donors (Lipinski definition) is 1. The van der Waals surface area contributed by atoms with E-state index in [4.69, 9.17) is 15.2 Å². The average Bonchev–Trinajstić information content (AvgIpc) is 2.40. The summed E-state index contributed by atoms with van der Waals surface area (Å²) in [6.45, 7) is 12.1. The molecule has 0 fully saturated rings. The summed E-state index contributed by atoms with van der Waals surface area (Å²) in [4.78, 5) is 0. The Bertz CT molecular complexity index is 424. The molecule has 3 heteroatoms. The largest absolute Gasteiger partial charge is 0.490 e. The fraction of sp³-hybridized carbons (Fsp3) is 0.667. The molecule has 1 aromatic carbocycles. The van der Waals surface area contributed by atoms with E-state index in [1.165, 1.54) is 5.56 Å². The first-order valence-corrected chi connectivity index (χ1v) is 7.99. The standard InChI is InChI=1S/C18H31NO2/c1-6-15(19)12-14-8-9-16(17(13-14)20-7-2)21-11-10-18(3,4)5/h8-9,13,15H,6-7,10-12,19H2,1-5H3. The van der Waals surface area contributed by atoms with Gasteiger partial charge in [-0.1, -0.05) is 33.8 Å². The highest BCUT2D eigenvalue weighted by atomic mass is 16.5. The van der Waals surface area contributed by atoms with Gasteiger partial charge in [0, 0.05) is 6.04 Å². The van der Waals surface area contributed by atoms with Gasteiger partial charge in [0.1, 0.15) is 0 Å². The van der Waals surface area contributed by atoms with E-state index in [9.17, 15) is 0 Å². The van der Waals surface area contributed by atoms with E-state index in [-0.39, 0.29) is 11.5 Å². The van der Waals surface area contributed by atoms with Gasteiger partial charge in [-0.3, -0.25) is 0 Å². The Morgan fingerprint density at radius 1 is 1.10 bits per heavy atom. The molecular weight excluding hydrogens is 262 g/mol. The van der Waals surface area contributed by atoms with Crippen LogP contribution in [0.2, 0.25) is 0 Å². The number of rotatable bonds is 8. The predicted molar refractivity (Wildman–Crippen MR) is 89.1 cm³/mol. The molecule has 1 rings (SSSR count). The Hall–Kier alpha value is -1.22. The summed E-state index contributed by atoms with van der Waals surface area (Å²) in [5.74, 6) is 1.65. The maximum absolute atomic E-state index is 6.02. The molecule has 0 heterocycles. The van der Waals surface area contributed by atoms with Gasteiger partial charge >= 0.3 is 0 Å². The van der Waals surface area contributed by atoms with Crippen LogP contribution in [0.1, 0.15) is 53.0 Å². The van der Waals surface area contributed by atoms with Crippen LogP contribution < -0.4 is 15.2 Å². The molecule has 1 unspecified atom stereocenters. The van der Waals surface area contributed by atoms with Crippen LogP contribution in [0.15, 0.2) is 18.2 Å². The van der Waals surface area contributed by atoms with Gasteiger partial charge < -0.3 is 15.2 Å². The van der Waals surface area contributed by atoms with Crippen LogP contribution in [0.4, 0.5) is 0 Å². The highest BCUT2D eigenvalue weighted by molar-refractivity contribution is 5.43. The fourth-order valence-electron chi connectivity index (χ4n) is 1.98. The molecule has 1 atom stereocenters. The molecule has 0 aliphatic rings. The lowest BCUT2D eigenvalue weighted by Gasteiger charge is -2.19. The molecule has 1 aromatic rings. The second-order valence-corrected chi connectivity index (χ2v) is 6.75. The van der Waals surface area contributed by atoms with Crippen molar-refractivity contribution in [2.45, 2.75) is 59.9 Å². The van der Waals surface area contributed by atoms with Gasteiger partial charge in [-0.25, -0.2) is 0 Å². The quantitative estimate of drug-likeness (QED) is 0.782. The third-order valence-electron chi connectivity index (χ3n) is 3.44. The Morgan fingerprint density at radius 2 is 1.81 bits per heavy atom. The molecule has 0 aliphatic heterocycles. The van der Waals surface area contributed by atoms with E-state index in [1.54, 1.807) is 0 Å². The lowest BCUT2D eigenvalue weighted by molar-refractivity contribution is 0.229. The first-order valence-electron chi connectivity index (χ1n) is 7.99. The zero-order chi connectivity index (χ0) is 15.9. The monoisotopic (exact) mass is 293 g/mol. The van der Waals surface area contributed by atoms with Crippen molar-refractivity contribution in [3.05, 3.63) is 23.8 Å². The Labute approximate surface area is 129 Å². The lowest BCUT2D eigenvalue weighted by atomic mass is 9.93. The van der Waals surface area contributed by atoms with Crippen molar-refractivity contribution >= 4 is 0 Å². The first-order chi connectivity index (χ1) is 9.85. The summed E-state index contributed by atoms with van der Waals surface area (Å²) in [6, 6.07) is 6.36. The summed E-state index contributed by atoms with van der Waals surface area (Å²) < 4.78 is 11.6. The van der Waals surface area contributed by atoms with E-state index in [1.807, 2.05) is 13.0 Å². The van der Waals surface area contributed by atoms with Crippen LogP contribution in [0.5, 0.6) is 11.5 Å². The van der Waals surface area contributed by atoms with E-state index in [2.05, 4.69) is 39.8 Å². The van der Waals surface area contributed by atoms with Gasteiger partial charge in [0.05, 0.1) is 13.2 Å². The third-order valence-corrected chi connectivity index (χ3v) is 3.44. The Kier molecular flexibility index (Phi) is 7.03. The van der Waals surface area contributed by atoms with Gasteiger partial charge in [0.2, 0.25) is 0 Å². The van der Waals surface area contributed by atoms with E-state index >= 15 is 0 Å². The highest BCUT2D eigenvalue weighted by Crippen LogP contribution is 2.30. The first kappa shape index (κ1) is 17.8. The van der Waals surface area contributed by atoms with Gasteiger partial charge in [0.15, 0.2) is 11.5 Å². The fourth-order valence-corrected chi connectivity index (χ4v) is 1.98. The zero-order valence-corrected chi connectivity index (χ0v) is 14.2. The van der Waals surface area contributed by atoms with Crippen molar-refractivity contribution in [3.8, 4) is 11.5 Å². The molecule has 0 radical (unpaired) electrons. The summed E-state index contributed by atoms with van der Waals surface area (Å²) in [5.41, 5.74) is 7.51. The number of ether oxygens (including phenoxy) is 2. The molecule has 2 N–H and O–H groups in total. The van der Waals surface area contributed by atoms with Crippen LogP contribution in [-0.2, 0) is 6.42 Å². The predicted octanol–water partition coefficient (Wildman–Crippen LogP) is 4.18. The molecule has 0 aromatic heterocycles. The summed E-state index contributed by atoms with van der Waals surface area (Å²) in [5, 5.41) is 0. The smallest absolute Gasteiger partial charge is 0.161 e.